The number of amides is 1. The predicted octanol–water partition coefficient (Wildman–Crippen LogP) is 3.22. The number of nitrogens with one attached hydrogen (secondary N) is 1. The molecule has 1 N–H and O–H groups in total. The lowest BCUT2D eigenvalue weighted by Crippen LogP contribution is -2.23. The van der Waals surface area contributed by atoms with E-state index in [0.29, 0.717) is 17.9 Å². The number of hydrogen-bond acceptors (Lipinski definition) is 3. The van der Waals surface area contributed by atoms with Crippen molar-refractivity contribution in [3.8, 4) is 5.75 Å². The van der Waals surface area contributed by atoms with Gasteiger partial charge in [-0.1, -0.05) is 30.3 Å². The third-order valence-corrected chi connectivity index (χ3v) is 4.38. The molecular weight excluding hydrogens is 300 g/mol. The zero-order valence-corrected chi connectivity index (χ0v) is 14.1. The Morgan fingerprint density at radius 1 is 1.08 bits per heavy atom. The molecule has 2 aromatic carbocycles. The summed E-state index contributed by atoms with van der Waals surface area (Å²) in [5.74, 6) is 0.606. The van der Waals surface area contributed by atoms with Gasteiger partial charge in [0.1, 0.15) is 5.75 Å². The SMILES string of the molecule is COc1cccc(C(=O)NCc2cccc(CN3CCCC3)c2)c1. The van der Waals surface area contributed by atoms with E-state index in [1.165, 1.54) is 31.5 Å². The Bertz CT molecular complexity index is 694. The topological polar surface area (TPSA) is 41.6 Å². The lowest BCUT2D eigenvalue weighted by molar-refractivity contribution is 0.0950. The molecule has 1 heterocycles. The maximum atomic E-state index is 12.3. The summed E-state index contributed by atoms with van der Waals surface area (Å²) in [6, 6.07) is 15.7. The molecule has 0 unspecified atom stereocenters. The van der Waals surface area contributed by atoms with E-state index in [9.17, 15) is 4.79 Å². The molecule has 0 aromatic heterocycles. The maximum absolute atomic E-state index is 12.3. The summed E-state index contributed by atoms with van der Waals surface area (Å²) in [6.45, 7) is 3.91. The van der Waals surface area contributed by atoms with Crippen LogP contribution in [0, 0.1) is 0 Å². The number of nitrogens with zero attached hydrogens (tertiary/aromatic N) is 1. The van der Waals surface area contributed by atoms with Gasteiger partial charge in [-0.3, -0.25) is 9.69 Å². The van der Waals surface area contributed by atoms with Gasteiger partial charge >= 0.3 is 0 Å². The normalized spacial score (nSPS) is 14.5. The fraction of sp³-hybridized carbons (Fsp3) is 0.350. The van der Waals surface area contributed by atoms with Crippen LogP contribution < -0.4 is 10.1 Å². The van der Waals surface area contributed by atoms with Gasteiger partial charge in [0.25, 0.3) is 5.91 Å². The molecule has 1 aliphatic heterocycles. The third-order valence-electron chi connectivity index (χ3n) is 4.38. The number of carbonyl (C=O) groups excluding carboxylic acids is 1. The number of rotatable bonds is 6. The Morgan fingerprint density at radius 2 is 1.83 bits per heavy atom. The molecular formula is C20H24N2O2. The van der Waals surface area contributed by atoms with Gasteiger partial charge in [-0.05, 0) is 55.3 Å². The van der Waals surface area contributed by atoms with Crippen LogP contribution in [0.4, 0.5) is 0 Å². The Labute approximate surface area is 143 Å². The molecule has 3 rings (SSSR count). The molecule has 0 bridgehead atoms. The Morgan fingerprint density at radius 3 is 2.62 bits per heavy atom. The first kappa shape index (κ1) is 16.5. The fourth-order valence-electron chi connectivity index (χ4n) is 3.09. The molecule has 0 saturated carbocycles. The van der Waals surface area contributed by atoms with Crippen molar-refractivity contribution in [2.45, 2.75) is 25.9 Å². The van der Waals surface area contributed by atoms with Crippen molar-refractivity contribution in [2.24, 2.45) is 0 Å². The number of likely N-dealkylation sites (tertiary alicyclic amines) is 1. The van der Waals surface area contributed by atoms with Crippen molar-refractivity contribution in [2.75, 3.05) is 20.2 Å². The zero-order chi connectivity index (χ0) is 16.8. The Kier molecular flexibility index (Phi) is 5.49. The smallest absolute Gasteiger partial charge is 0.251 e. The average molecular weight is 324 g/mol. The van der Waals surface area contributed by atoms with Crippen LogP contribution in [0.25, 0.3) is 0 Å². The second-order valence-electron chi connectivity index (χ2n) is 6.22. The highest BCUT2D eigenvalue weighted by atomic mass is 16.5. The van der Waals surface area contributed by atoms with Gasteiger partial charge in [-0.2, -0.15) is 0 Å². The standard InChI is InChI=1S/C20H24N2O2/c1-24-19-9-5-8-18(13-19)20(23)21-14-16-6-4-7-17(12-16)15-22-10-2-3-11-22/h4-9,12-13H,2-3,10-11,14-15H2,1H3,(H,21,23). The second-order valence-corrected chi connectivity index (χ2v) is 6.22. The first-order valence-electron chi connectivity index (χ1n) is 8.47. The van der Waals surface area contributed by atoms with E-state index in [2.05, 4.69) is 34.5 Å². The van der Waals surface area contributed by atoms with Gasteiger partial charge in [-0.15, -0.1) is 0 Å². The van der Waals surface area contributed by atoms with Crippen LogP contribution in [0.1, 0.15) is 34.3 Å². The van der Waals surface area contributed by atoms with Crippen molar-refractivity contribution in [1.29, 1.82) is 0 Å². The minimum atomic E-state index is -0.0844. The molecule has 1 aliphatic rings. The third kappa shape index (κ3) is 4.36. The van der Waals surface area contributed by atoms with Crippen molar-refractivity contribution in [1.82, 2.24) is 10.2 Å². The zero-order valence-electron chi connectivity index (χ0n) is 14.1. The number of carbonyl (C=O) groups is 1. The van der Waals surface area contributed by atoms with Crippen molar-refractivity contribution < 1.29 is 9.53 Å². The van der Waals surface area contributed by atoms with Crippen LogP contribution in [-0.4, -0.2) is 31.0 Å². The lowest BCUT2D eigenvalue weighted by Gasteiger charge is -2.15. The molecule has 0 spiro atoms. The van der Waals surface area contributed by atoms with Crippen molar-refractivity contribution in [3.05, 3.63) is 65.2 Å². The quantitative estimate of drug-likeness (QED) is 0.887. The van der Waals surface area contributed by atoms with E-state index >= 15 is 0 Å². The number of hydrogen-bond donors (Lipinski definition) is 1. The molecule has 4 nitrogen and oxygen atoms in total. The molecule has 0 atom stereocenters. The molecule has 1 saturated heterocycles. The van der Waals surface area contributed by atoms with E-state index in [4.69, 9.17) is 4.74 Å². The predicted molar refractivity (Wildman–Crippen MR) is 95.1 cm³/mol. The number of benzene rings is 2. The van der Waals surface area contributed by atoms with Crippen molar-refractivity contribution >= 4 is 5.91 Å². The Balaban J connectivity index is 1.58. The van der Waals surface area contributed by atoms with Crippen LogP contribution in [0.2, 0.25) is 0 Å². The fourth-order valence-corrected chi connectivity index (χ4v) is 3.09. The van der Waals surface area contributed by atoms with Crippen LogP contribution in [-0.2, 0) is 13.1 Å². The van der Waals surface area contributed by atoms with Crippen LogP contribution in [0.3, 0.4) is 0 Å². The van der Waals surface area contributed by atoms with E-state index in [0.717, 1.165) is 12.1 Å². The first-order chi connectivity index (χ1) is 11.7. The summed E-state index contributed by atoms with van der Waals surface area (Å²) in [5, 5.41) is 2.98. The summed E-state index contributed by atoms with van der Waals surface area (Å²) < 4.78 is 5.16. The summed E-state index contributed by atoms with van der Waals surface area (Å²) in [7, 11) is 1.60. The molecule has 2 aromatic rings. The summed E-state index contributed by atoms with van der Waals surface area (Å²) in [5.41, 5.74) is 3.05. The molecule has 4 heteroatoms. The monoisotopic (exact) mass is 324 g/mol. The number of methoxy groups -OCH3 is 1. The molecule has 0 radical (unpaired) electrons. The van der Waals surface area contributed by atoms with Gasteiger partial charge in [0, 0.05) is 18.7 Å². The highest BCUT2D eigenvalue weighted by Crippen LogP contribution is 2.15. The average Bonchev–Trinajstić information content (AvgIpc) is 3.13. The lowest BCUT2D eigenvalue weighted by atomic mass is 10.1. The van der Waals surface area contributed by atoms with Crippen LogP contribution >= 0.6 is 0 Å². The van der Waals surface area contributed by atoms with Gasteiger partial charge in [0.05, 0.1) is 7.11 Å². The summed E-state index contributed by atoms with van der Waals surface area (Å²) >= 11 is 0. The highest BCUT2D eigenvalue weighted by molar-refractivity contribution is 5.94. The van der Waals surface area contributed by atoms with Gasteiger partial charge in [0.2, 0.25) is 0 Å². The molecule has 0 aliphatic carbocycles. The highest BCUT2D eigenvalue weighted by Gasteiger charge is 2.12. The van der Waals surface area contributed by atoms with Gasteiger partial charge in [0.15, 0.2) is 0 Å². The van der Waals surface area contributed by atoms with E-state index < -0.39 is 0 Å². The van der Waals surface area contributed by atoms with Crippen LogP contribution in [0.15, 0.2) is 48.5 Å². The van der Waals surface area contributed by atoms with E-state index in [1.54, 1.807) is 19.2 Å². The summed E-state index contributed by atoms with van der Waals surface area (Å²) in [6.07, 6.45) is 2.60. The second kappa shape index (κ2) is 7.97. The van der Waals surface area contributed by atoms with Gasteiger partial charge < -0.3 is 10.1 Å². The maximum Gasteiger partial charge on any atom is 0.251 e. The van der Waals surface area contributed by atoms with Crippen LogP contribution in [0.5, 0.6) is 5.75 Å². The van der Waals surface area contributed by atoms with E-state index in [1.807, 2.05) is 12.1 Å². The number of ether oxygens (including phenoxy) is 1. The molecule has 1 amide bonds. The first-order valence-corrected chi connectivity index (χ1v) is 8.47. The summed E-state index contributed by atoms with van der Waals surface area (Å²) in [4.78, 5) is 14.8. The molecule has 1 fully saturated rings. The van der Waals surface area contributed by atoms with Crippen molar-refractivity contribution in [3.63, 3.8) is 0 Å². The minimum Gasteiger partial charge on any atom is -0.497 e. The molecule has 126 valence electrons. The van der Waals surface area contributed by atoms with E-state index in [-0.39, 0.29) is 5.91 Å². The molecule has 24 heavy (non-hydrogen) atoms. The minimum absolute atomic E-state index is 0.0844. The van der Waals surface area contributed by atoms with Gasteiger partial charge in [-0.25, -0.2) is 0 Å². The largest absolute Gasteiger partial charge is 0.497 e. The Hall–Kier alpha value is -2.33.